The molecule has 0 aliphatic carbocycles. The number of halogens is 1. The molecule has 84 valence electrons. The van der Waals surface area contributed by atoms with Gasteiger partial charge < -0.3 is 0 Å². The van der Waals surface area contributed by atoms with E-state index < -0.39 is 0 Å². The summed E-state index contributed by atoms with van der Waals surface area (Å²) in [6.45, 7) is 1.86. The Bertz CT molecular complexity index is 530. The van der Waals surface area contributed by atoms with Gasteiger partial charge in [-0.15, -0.1) is 11.3 Å². The molecule has 0 amide bonds. The van der Waals surface area contributed by atoms with E-state index in [1.54, 1.807) is 22.2 Å². The number of nitrogens with zero attached hydrogens (tertiary/aromatic N) is 2. The maximum Gasteiger partial charge on any atom is 0.171 e. The molecule has 0 spiro atoms. The van der Waals surface area contributed by atoms with Gasteiger partial charge in [0, 0.05) is 34.4 Å². The van der Waals surface area contributed by atoms with Crippen molar-refractivity contribution in [3.63, 3.8) is 0 Å². The molecule has 16 heavy (non-hydrogen) atoms. The minimum Gasteiger partial charge on any atom is -0.294 e. The molecule has 2 aromatic rings. The molecular weight excluding hydrogens is 288 g/mol. The first-order chi connectivity index (χ1) is 7.56. The van der Waals surface area contributed by atoms with E-state index in [1.165, 1.54) is 0 Å². The van der Waals surface area contributed by atoms with Crippen molar-refractivity contribution in [3.8, 4) is 0 Å². The number of thiophene rings is 1. The van der Waals surface area contributed by atoms with Crippen LogP contribution in [0.25, 0.3) is 0 Å². The average Bonchev–Trinajstić information content (AvgIpc) is 2.73. The fourth-order valence-corrected chi connectivity index (χ4v) is 3.02. The zero-order valence-corrected chi connectivity index (χ0v) is 11.4. The Morgan fingerprint density at radius 3 is 2.88 bits per heavy atom. The van der Waals surface area contributed by atoms with Gasteiger partial charge in [-0.05, 0) is 28.9 Å². The summed E-state index contributed by atoms with van der Waals surface area (Å²) in [5, 5.41) is 6.15. The Kier molecular flexibility index (Phi) is 3.25. The lowest BCUT2D eigenvalue weighted by Crippen LogP contribution is -2.02. The van der Waals surface area contributed by atoms with Gasteiger partial charge in [-0.3, -0.25) is 9.48 Å². The van der Waals surface area contributed by atoms with E-state index in [2.05, 4.69) is 21.0 Å². The lowest BCUT2D eigenvalue weighted by atomic mass is 10.1. The Morgan fingerprint density at radius 1 is 1.62 bits per heavy atom. The standard InChI is InChI=1S/C11H11BrN2OS/c1-7-10(5-14(2)13-7)11(15)4-9-3-8(12)6-16-9/h3,5-6H,4H2,1-2H3. The summed E-state index contributed by atoms with van der Waals surface area (Å²) in [7, 11) is 1.82. The summed E-state index contributed by atoms with van der Waals surface area (Å²) in [5.41, 5.74) is 1.51. The zero-order chi connectivity index (χ0) is 11.7. The van der Waals surface area contributed by atoms with Gasteiger partial charge in [0.1, 0.15) is 0 Å². The molecule has 0 fully saturated rings. The first-order valence-corrected chi connectivity index (χ1v) is 6.50. The van der Waals surface area contributed by atoms with Crippen LogP contribution >= 0.6 is 27.3 Å². The normalized spacial score (nSPS) is 10.7. The van der Waals surface area contributed by atoms with Crippen LogP contribution in [0.4, 0.5) is 0 Å². The number of aromatic nitrogens is 2. The fraction of sp³-hybridized carbons (Fsp3) is 0.273. The molecule has 0 N–H and O–H groups in total. The van der Waals surface area contributed by atoms with Crippen molar-refractivity contribution < 1.29 is 4.79 Å². The SMILES string of the molecule is Cc1nn(C)cc1C(=O)Cc1cc(Br)cs1. The number of hydrogen-bond donors (Lipinski definition) is 0. The number of carbonyl (C=O) groups is 1. The second kappa shape index (κ2) is 4.51. The summed E-state index contributed by atoms with van der Waals surface area (Å²) in [5.74, 6) is 0.125. The number of Topliss-reactive ketones (excluding diaryl/α,β-unsaturated/α-hetero) is 1. The van der Waals surface area contributed by atoms with E-state index >= 15 is 0 Å². The van der Waals surface area contributed by atoms with Crippen molar-refractivity contribution in [1.29, 1.82) is 0 Å². The molecule has 2 heterocycles. The van der Waals surface area contributed by atoms with E-state index in [-0.39, 0.29) is 5.78 Å². The molecule has 0 atom stereocenters. The highest BCUT2D eigenvalue weighted by Gasteiger charge is 2.13. The summed E-state index contributed by atoms with van der Waals surface area (Å²) in [4.78, 5) is 13.1. The van der Waals surface area contributed by atoms with Crippen LogP contribution in [0.5, 0.6) is 0 Å². The molecule has 0 aliphatic rings. The molecule has 2 aromatic heterocycles. The lowest BCUT2D eigenvalue weighted by Gasteiger charge is -1.95. The highest BCUT2D eigenvalue weighted by molar-refractivity contribution is 9.10. The smallest absolute Gasteiger partial charge is 0.171 e. The van der Waals surface area contributed by atoms with Crippen molar-refractivity contribution in [3.05, 3.63) is 38.3 Å². The number of aryl methyl sites for hydroxylation is 2. The molecule has 0 aromatic carbocycles. The molecule has 0 radical (unpaired) electrons. The molecule has 3 nitrogen and oxygen atoms in total. The van der Waals surface area contributed by atoms with E-state index in [1.807, 2.05) is 25.4 Å². The van der Waals surface area contributed by atoms with Gasteiger partial charge >= 0.3 is 0 Å². The van der Waals surface area contributed by atoms with Crippen LogP contribution < -0.4 is 0 Å². The van der Waals surface area contributed by atoms with Gasteiger partial charge in [0.2, 0.25) is 0 Å². The van der Waals surface area contributed by atoms with Gasteiger partial charge in [0.15, 0.2) is 5.78 Å². The number of rotatable bonds is 3. The Labute approximate surface area is 106 Å². The maximum atomic E-state index is 12.0. The Balaban J connectivity index is 2.17. The fourth-order valence-electron chi connectivity index (χ4n) is 1.57. The highest BCUT2D eigenvalue weighted by atomic mass is 79.9. The third-order valence-corrected chi connectivity index (χ3v) is 3.97. The van der Waals surface area contributed by atoms with Crippen LogP contribution in [0, 0.1) is 6.92 Å². The van der Waals surface area contributed by atoms with E-state index in [4.69, 9.17) is 0 Å². The largest absolute Gasteiger partial charge is 0.294 e. The van der Waals surface area contributed by atoms with Crippen LogP contribution in [0.1, 0.15) is 20.9 Å². The lowest BCUT2D eigenvalue weighted by molar-refractivity contribution is 0.0993. The van der Waals surface area contributed by atoms with Crippen LogP contribution in [-0.2, 0) is 13.5 Å². The second-order valence-electron chi connectivity index (χ2n) is 3.63. The van der Waals surface area contributed by atoms with Gasteiger partial charge in [0.25, 0.3) is 0 Å². The van der Waals surface area contributed by atoms with Gasteiger partial charge in [-0.2, -0.15) is 5.10 Å². The third kappa shape index (κ3) is 2.41. The topological polar surface area (TPSA) is 34.9 Å². The summed E-state index contributed by atoms with van der Waals surface area (Å²) in [6.07, 6.45) is 2.23. The van der Waals surface area contributed by atoms with Crippen molar-refractivity contribution in [2.24, 2.45) is 7.05 Å². The number of hydrogen-bond acceptors (Lipinski definition) is 3. The van der Waals surface area contributed by atoms with Crippen LogP contribution in [0.15, 0.2) is 22.1 Å². The van der Waals surface area contributed by atoms with Gasteiger partial charge in [0.05, 0.1) is 11.3 Å². The minimum atomic E-state index is 0.125. The highest BCUT2D eigenvalue weighted by Crippen LogP contribution is 2.21. The van der Waals surface area contributed by atoms with Crippen LogP contribution in [0.2, 0.25) is 0 Å². The zero-order valence-electron chi connectivity index (χ0n) is 9.03. The monoisotopic (exact) mass is 298 g/mol. The summed E-state index contributed by atoms with van der Waals surface area (Å²) >= 11 is 4.97. The molecule has 0 bridgehead atoms. The third-order valence-electron chi connectivity index (χ3n) is 2.27. The second-order valence-corrected chi connectivity index (χ2v) is 5.54. The van der Waals surface area contributed by atoms with E-state index in [0.29, 0.717) is 12.0 Å². The quantitative estimate of drug-likeness (QED) is 0.817. The molecular formula is C11H11BrN2OS. The first-order valence-electron chi connectivity index (χ1n) is 4.82. The molecule has 0 saturated carbocycles. The first kappa shape index (κ1) is 11.5. The van der Waals surface area contributed by atoms with Crippen molar-refractivity contribution >= 4 is 33.0 Å². The minimum absolute atomic E-state index is 0.125. The summed E-state index contributed by atoms with van der Waals surface area (Å²) < 4.78 is 2.70. The molecule has 5 heteroatoms. The van der Waals surface area contributed by atoms with Gasteiger partial charge in [-0.25, -0.2) is 0 Å². The van der Waals surface area contributed by atoms with Crippen molar-refractivity contribution in [2.75, 3.05) is 0 Å². The maximum absolute atomic E-state index is 12.0. The molecule has 0 aliphatic heterocycles. The van der Waals surface area contributed by atoms with Crippen LogP contribution in [0.3, 0.4) is 0 Å². The predicted molar refractivity (Wildman–Crippen MR) is 68.0 cm³/mol. The number of carbonyl (C=O) groups excluding carboxylic acids is 1. The average molecular weight is 299 g/mol. The number of ketones is 1. The van der Waals surface area contributed by atoms with Gasteiger partial charge in [-0.1, -0.05) is 0 Å². The van der Waals surface area contributed by atoms with E-state index in [0.717, 1.165) is 15.0 Å². The summed E-state index contributed by atoms with van der Waals surface area (Å²) in [6, 6.07) is 1.98. The molecule has 0 unspecified atom stereocenters. The predicted octanol–water partition coefficient (Wildman–Crippen LogP) is 2.98. The molecule has 2 rings (SSSR count). The van der Waals surface area contributed by atoms with E-state index in [9.17, 15) is 4.79 Å². The van der Waals surface area contributed by atoms with Crippen LogP contribution in [-0.4, -0.2) is 15.6 Å². The molecule has 0 saturated heterocycles. The van der Waals surface area contributed by atoms with Crippen molar-refractivity contribution in [1.82, 2.24) is 9.78 Å². The Morgan fingerprint density at radius 2 is 2.38 bits per heavy atom. The Hall–Kier alpha value is -0.940. The van der Waals surface area contributed by atoms with Crippen molar-refractivity contribution in [2.45, 2.75) is 13.3 Å².